The van der Waals surface area contributed by atoms with Gasteiger partial charge in [0, 0.05) is 40.9 Å². The summed E-state index contributed by atoms with van der Waals surface area (Å²) in [7, 11) is 1.58. The summed E-state index contributed by atoms with van der Waals surface area (Å²) in [6, 6.07) is 23.4. The number of anilines is 2. The number of nitrogens with one attached hydrogen (secondary N) is 2. The summed E-state index contributed by atoms with van der Waals surface area (Å²) in [5.41, 5.74) is 4.35. The second kappa shape index (κ2) is 10.1. The van der Waals surface area contributed by atoms with Crippen LogP contribution in [0.2, 0.25) is 0 Å². The molecule has 182 valence electrons. The van der Waals surface area contributed by atoms with Gasteiger partial charge in [-0.1, -0.05) is 22.0 Å². The van der Waals surface area contributed by atoms with Gasteiger partial charge in [0.2, 0.25) is 5.91 Å². The Labute approximate surface area is 223 Å². The van der Waals surface area contributed by atoms with E-state index >= 15 is 0 Å². The molecule has 2 aromatic carbocycles. The fourth-order valence-corrected chi connectivity index (χ4v) is 5.15. The maximum atomic E-state index is 11.9. The van der Waals surface area contributed by atoms with Crippen LogP contribution in [0.5, 0.6) is 5.75 Å². The first kappa shape index (κ1) is 24.0. The number of hydrogen-bond donors (Lipinski definition) is 2. The number of ether oxygens (including phenoxy) is 1. The van der Waals surface area contributed by atoms with E-state index in [1.807, 2.05) is 60.8 Å². The molecule has 0 radical (unpaired) electrons. The third-order valence-electron chi connectivity index (χ3n) is 6.06. The number of aromatic nitrogens is 2. The maximum Gasteiger partial charge on any atom is 0.221 e. The third kappa shape index (κ3) is 4.59. The lowest BCUT2D eigenvalue weighted by Crippen LogP contribution is -2.30. The maximum absolute atomic E-state index is 11.9. The smallest absolute Gasteiger partial charge is 0.221 e. The molecule has 2 N–H and O–H groups in total. The zero-order chi connectivity index (χ0) is 25.2. The summed E-state index contributed by atoms with van der Waals surface area (Å²) in [6.45, 7) is 1.47. The summed E-state index contributed by atoms with van der Waals surface area (Å²) in [4.78, 5) is 18.6. The number of methoxy groups -OCH3 is 1. The Hall–Kier alpha value is -3.69. The quantitative estimate of drug-likeness (QED) is 0.291. The predicted molar refractivity (Wildman–Crippen MR) is 149 cm³/mol. The molecule has 36 heavy (non-hydrogen) atoms. The lowest BCUT2D eigenvalue weighted by Gasteiger charge is -2.29. The van der Waals surface area contributed by atoms with Gasteiger partial charge in [0.05, 0.1) is 24.5 Å². The molecule has 2 aromatic heterocycles. The Morgan fingerprint density at radius 2 is 1.86 bits per heavy atom. The van der Waals surface area contributed by atoms with Gasteiger partial charge in [-0.3, -0.25) is 9.78 Å². The van der Waals surface area contributed by atoms with Crippen molar-refractivity contribution < 1.29 is 9.53 Å². The van der Waals surface area contributed by atoms with Gasteiger partial charge >= 0.3 is 0 Å². The van der Waals surface area contributed by atoms with Gasteiger partial charge in [-0.05, 0) is 78.9 Å². The van der Waals surface area contributed by atoms with E-state index in [9.17, 15) is 4.79 Å². The number of nitrogens with zero attached hydrogens (tertiary/aromatic N) is 3. The Kier molecular flexibility index (Phi) is 6.75. The summed E-state index contributed by atoms with van der Waals surface area (Å²) < 4.78 is 8.64. The van der Waals surface area contributed by atoms with Crippen molar-refractivity contribution >= 4 is 50.5 Å². The largest absolute Gasteiger partial charge is 0.495 e. The Bertz CT molecular complexity index is 1410. The molecule has 7 nitrogen and oxygen atoms in total. The highest BCUT2D eigenvalue weighted by Crippen LogP contribution is 2.43. The Morgan fingerprint density at radius 3 is 2.56 bits per heavy atom. The number of benzene rings is 2. The summed E-state index contributed by atoms with van der Waals surface area (Å²) in [5.74, 6) is 0.391. The minimum absolute atomic E-state index is 0.181. The van der Waals surface area contributed by atoms with E-state index < -0.39 is 0 Å². The normalized spacial score (nSPS) is 17.1. The molecule has 4 aromatic rings. The first-order valence-electron chi connectivity index (χ1n) is 11.4. The van der Waals surface area contributed by atoms with Gasteiger partial charge in [0.25, 0.3) is 0 Å². The molecular weight excluding hydrogens is 538 g/mol. The molecule has 0 bridgehead atoms. The van der Waals surface area contributed by atoms with Crippen LogP contribution in [0.15, 0.2) is 89.7 Å². The Balaban J connectivity index is 1.66. The number of halogens is 1. The van der Waals surface area contributed by atoms with Crippen LogP contribution in [-0.2, 0) is 4.79 Å². The number of rotatable bonds is 6. The van der Waals surface area contributed by atoms with Gasteiger partial charge in [-0.15, -0.1) is 0 Å². The minimum Gasteiger partial charge on any atom is -0.495 e. The predicted octanol–water partition coefficient (Wildman–Crippen LogP) is 5.78. The van der Waals surface area contributed by atoms with Gasteiger partial charge in [-0.25, -0.2) is 0 Å². The molecule has 5 rings (SSSR count). The molecule has 9 heteroatoms. The van der Waals surface area contributed by atoms with Gasteiger partial charge in [0.1, 0.15) is 11.8 Å². The van der Waals surface area contributed by atoms with Crippen LogP contribution in [0.25, 0.3) is 5.69 Å². The molecule has 1 aliphatic heterocycles. The molecule has 0 aliphatic carbocycles. The lowest BCUT2D eigenvalue weighted by atomic mass is 10.0. The fraction of sp³-hybridized carbons (Fsp3) is 0.148. The molecule has 0 spiro atoms. The summed E-state index contributed by atoms with van der Waals surface area (Å²) >= 11 is 9.40. The monoisotopic (exact) mass is 561 g/mol. The highest BCUT2D eigenvalue weighted by Gasteiger charge is 2.42. The minimum atomic E-state index is -0.218. The van der Waals surface area contributed by atoms with Crippen molar-refractivity contribution in [2.24, 2.45) is 0 Å². The third-order valence-corrected chi connectivity index (χ3v) is 6.90. The topological polar surface area (TPSA) is 71.4 Å². The SMILES string of the molecule is COc1ccc(N2C(=S)NC(c3ccccn3)C2c2cccn2-c2ccc(Br)cc2)cc1NC(C)=O. The van der Waals surface area contributed by atoms with Crippen LogP contribution < -0.4 is 20.3 Å². The number of thiocarbonyl (C=S) groups is 1. The van der Waals surface area contributed by atoms with E-state index in [4.69, 9.17) is 17.0 Å². The Morgan fingerprint density at radius 1 is 1.08 bits per heavy atom. The van der Waals surface area contributed by atoms with Crippen molar-refractivity contribution in [1.29, 1.82) is 0 Å². The first-order chi connectivity index (χ1) is 17.5. The summed E-state index contributed by atoms with van der Waals surface area (Å²) in [6.07, 6.45) is 3.83. The van der Waals surface area contributed by atoms with E-state index in [1.165, 1.54) is 6.92 Å². The molecule has 1 aliphatic rings. The average Bonchev–Trinajstić information content (AvgIpc) is 3.49. The average molecular weight is 562 g/mol. The van der Waals surface area contributed by atoms with Gasteiger partial charge in [0.15, 0.2) is 5.11 Å². The first-order valence-corrected chi connectivity index (χ1v) is 12.6. The van der Waals surface area contributed by atoms with E-state index in [-0.39, 0.29) is 18.0 Å². The van der Waals surface area contributed by atoms with Crippen molar-refractivity contribution in [3.63, 3.8) is 0 Å². The van der Waals surface area contributed by atoms with Gasteiger partial charge < -0.3 is 24.8 Å². The highest BCUT2D eigenvalue weighted by molar-refractivity contribution is 9.10. The van der Waals surface area contributed by atoms with Crippen LogP contribution in [0.4, 0.5) is 11.4 Å². The van der Waals surface area contributed by atoms with Crippen molar-refractivity contribution in [3.05, 3.63) is 101 Å². The molecule has 3 heterocycles. The van der Waals surface area contributed by atoms with E-state index in [0.29, 0.717) is 16.5 Å². The standard InChI is InChI=1S/C27H24BrN5O2S/c1-17(34)30-22-16-20(12-13-24(22)35-2)33-26(25(31-27(33)36)21-6-3-4-14-29-21)23-7-5-15-32(23)19-10-8-18(28)9-11-19/h3-16,25-26H,1-2H3,(H,30,34)(H,31,36). The van der Waals surface area contributed by atoms with E-state index in [1.54, 1.807) is 13.3 Å². The number of pyridine rings is 1. The van der Waals surface area contributed by atoms with Crippen LogP contribution in [0.3, 0.4) is 0 Å². The molecule has 2 atom stereocenters. The van der Waals surface area contributed by atoms with Crippen molar-refractivity contribution in [3.8, 4) is 11.4 Å². The molecule has 2 unspecified atom stereocenters. The number of amides is 1. The zero-order valence-corrected chi connectivity index (χ0v) is 22.1. The van der Waals surface area contributed by atoms with Crippen molar-refractivity contribution in [2.45, 2.75) is 19.0 Å². The van der Waals surface area contributed by atoms with Gasteiger partial charge in [-0.2, -0.15) is 0 Å². The van der Waals surface area contributed by atoms with E-state index in [2.05, 4.69) is 59.2 Å². The van der Waals surface area contributed by atoms with E-state index in [0.717, 1.165) is 27.2 Å². The molecule has 1 saturated heterocycles. The highest BCUT2D eigenvalue weighted by atomic mass is 79.9. The number of carbonyl (C=O) groups is 1. The molecular formula is C27H24BrN5O2S. The number of hydrogen-bond acceptors (Lipinski definition) is 4. The second-order valence-corrected chi connectivity index (χ2v) is 9.64. The molecule has 1 amide bonds. The van der Waals surface area contributed by atoms with Crippen molar-refractivity contribution in [2.75, 3.05) is 17.3 Å². The van der Waals surface area contributed by atoms with Crippen molar-refractivity contribution in [1.82, 2.24) is 14.9 Å². The number of carbonyl (C=O) groups excluding carboxylic acids is 1. The van der Waals surface area contributed by atoms with Crippen LogP contribution >= 0.6 is 28.1 Å². The fourth-order valence-electron chi connectivity index (χ4n) is 4.54. The molecule has 0 saturated carbocycles. The van der Waals surface area contributed by atoms with Crippen LogP contribution in [0.1, 0.15) is 30.4 Å². The zero-order valence-electron chi connectivity index (χ0n) is 19.7. The second-order valence-electron chi connectivity index (χ2n) is 8.34. The van der Waals surface area contributed by atoms with Crippen LogP contribution in [-0.4, -0.2) is 27.7 Å². The van der Waals surface area contributed by atoms with Crippen LogP contribution in [0, 0.1) is 0 Å². The lowest BCUT2D eigenvalue weighted by molar-refractivity contribution is -0.114. The molecule has 1 fully saturated rings. The summed E-state index contributed by atoms with van der Waals surface area (Å²) in [5, 5.41) is 6.92.